The molecule has 0 radical (unpaired) electrons. The van der Waals surface area contributed by atoms with Gasteiger partial charge >= 0.3 is 0 Å². The zero-order chi connectivity index (χ0) is 11.8. The number of nitrogens with two attached hydrogens (primary N) is 1. The molecule has 0 heterocycles. The Morgan fingerprint density at radius 1 is 1.50 bits per heavy atom. The van der Waals surface area contributed by atoms with Gasteiger partial charge < -0.3 is 16.4 Å². The SMILES string of the molecule is CCNC(=O)CC(CN)NCCCC1CC1. The predicted molar refractivity (Wildman–Crippen MR) is 66.1 cm³/mol. The van der Waals surface area contributed by atoms with Crippen molar-refractivity contribution in [1.29, 1.82) is 0 Å². The topological polar surface area (TPSA) is 67.2 Å². The number of carbonyl (C=O) groups excluding carboxylic acids is 1. The van der Waals surface area contributed by atoms with Crippen molar-refractivity contribution in [3.63, 3.8) is 0 Å². The van der Waals surface area contributed by atoms with Gasteiger partial charge in [0.1, 0.15) is 0 Å². The van der Waals surface area contributed by atoms with Crippen molar-refractivity contribution in [2.24, 2.45) is 11.7 Å². The molecule has 0 bridgehead atoms. The zero-order valence-corrected chi connectivity index (χ0v) is 10.3. The summed E-state index contributed by atoms with van der Waals surface area (Å²) in [6.45, 7) is 4.13. The van der Waals surface area contributed by atoms with Gasteiger partial charge in [-0.25, -0.2) is 0 Å². The van der Waals surface area contributed by atoms with Crippen molar-refractivity contribution in [3.05, 3.63) is 0 Å². The second-order valence-electron chi connectivity index (χ2n) is 4.63. The predicted octanol–water partition coefficient (Wildman–Crippen LogP) is 0.620. The van der Waals surface area contributed by atoms with Gasteiger partial charge in [-0.1, -0.05) is 12.8 Å². The quantitative estimate of drug-likeness (QED) is 0.506. The minimum Gasteiger partial charge on any atom is -0.356 e. The van der Waals surface area contributed by atoms with Crippen molar-refractivity contribution in [2.75, 3.05) is 19.6 Å². The highest BCUT2D eigenvalue weighted by atomic mass is 16.1. The first kappa shape index (κ1) is 13.5. The van der Waals surface area contributed by atoms with Gasteiger partial charge in [-0.2, -0.15) is 0 Å². The van der Waals surface area contributed by atoms with Crippen LogP contribution in [0.4, 0.5) is 0 Å². The molecule has 4 nitrogen and oxygen atoms in total. The van der Waals surface area contributed by atoms with Crippen LogP contribution in [0.3, 0.4) is 0 Å². The third-order valence-corrected chi connectivity index (χ3v) is 3.01. The fourth-order valence-corrected chi connectivity index (χ4v) is 1.84. The summed E-state index contributed by atoms with van der Waals surface area (Å²) >= 11 is 0. The van der Waals surface area contributed by atoms with E-state index in [2.05, 4.69) is 10.6 Å². The van der Waals surface area contributed by atoms with Crippen molar-refractivity contribution >= 4 is 5.91 Å². The van der Waals surface area contributed by atoms with Gasteiger partial charge in [-0.3, -0.25) is 4.79 Å². The molecule has 1 saturated carbocycles. The average Bonchev–Trinajstić information content (AvgIpc) is 3.06. The molecule has 1 aliphatic rings. The lowest BCUT2D eigenvalue weighted by atomic mass is 10.1. The van der Waals surface area contributed by atoms with Crippen molar-refractivity contribution in [2.45, 2.75) is 45.1 Å². The molecule has 94 valence electrons. The molecular formula is C12H25N3O. The maximum Gasteiger partial charge on any atom is 0.221 e. The molecule has 0 aromatic rings. The van der Waals surface area contributed by atoms with Crippen molar-refractivity contribution in [1.82, 2.24) is 10.6 Å². The Hall–Kier alpha value is -0.610. The Morgan fingerprint density at radius 2 is 2.25 bits per heavy atom. The van der Waals surface area contributed by atoms with Crippen molar-refractivity contribution in [3.8, 4) is 0 Å². The van der Waals surface area contributed by atoms with Gasteiger partial charge in [0.15, 0.2) is 0 Å². The summed E-state index contributed by atoms with van der Waals surface area (Å²) in [5.74, 6) is 1.08. The maximum absolute atomic E-state index is 11.4. The molecule has 1 fully saturated rings. The largest absolute Gasteiger partial charge is 0.356 e. The van der Waals surface area contributed by atoms with Crippen LogP contribution in [0.2, 0.25) is 0 Å². The number of amides is 1. The zero-order valence-electron chi connectivity index (χ0n) is 10.3. The number of carbonyl (C=O) groups is 1. The molecule has 0 aromatic carbocycles. The fraction of sp³-hybridized carbons (Fsp3) is 0.917. The van der Waals surface area contributed by atoms with Crippen LogP contribution in [-0.4, -0.2) is 31.6 Å². The first-order valence-corrected chi connectivity index (χ1v) is 6.46. The Balaban J connectivity index is 2.02. The molecule has 0 spiro atoms. The number of hydrogen-bond donors (Lipinski definition) is 3. The number of nitrogens with one attached hydrogen (secondary N) is 2. The number of hydrogen-bond acceptors (Lipinski definition) is 3. The molecule has 1 unspecified atom stereocenters. The Morgan fingerprint density at radius 3 is 2.81 bits per heavy atom. The van der Waals surface area contributed by atoms with E-state index in [-0.39, 0.29) is 11.9 Å². The van der Waals surface area contributed by atoms with E-state index in [9.17, 15) is 4.79 Å². The molecule has 4 N–H and O–H groups in total. The van der Waals surface area contributed by atoms with Crippen LogP contribution in [-0.2, 0) is 4.79 Å². The maximum atomic E-state index is 11.4. The van der Waals surface area contributed by atoms with E-state index in [4.69, 9.17) is 5.73 Å². The monoisotopic (exact) mass is 227 g/mol. The Bertz CT molecular complexity index is 204. The molecule has 1 amide bonds. The molecule has 0 aliphatic heterocycles. The van der Waals surface area contributed by atoms with E-state index in [0.717, 1.165) is 12.5 Å². The van der Waals surface area contributed by atoms with Crippen LogP contribution < -0.4 is 16.4 Å². The lowest BCUT2D eigenvalue weighted by molar-refractivity contribution is -0.121. The molecule has 0 aromatic heterocycles. The summed E-state index contributed by atoms with van der Waals surface area (Å²) < 4.78 is 0. The van der Waals surface area contributed by atoms with Gasteiger partial charge in [0.25, 0.3) is 0 Å². The smallest absolute Gasteiger partial charge is 0.221 e. The lowest BCUT2D eigenvalue weighted by Crippen LogP contribution is -2.41. The minimum absolute atomic E-state index is 0.0904. The molecule has 4 heteroatoms. The third-order valence-electron chi connectivity index (χ3n) is 3.01. The van der Waals surface area contributed by atoms with E-state index in [1.807, 2.05) is 6.92 Å². The average molecular weight is 227 g/mol. The molecule has 1 rings (SSSR count). The van der Waals surface area contributed by atoms with E-state index < -0.39 is 0 Å². The van der Waals surface area contributed by atoms with Gasteiger partial charge in [0, 0.05) is 25.6 Å². The van der Waals surface area contributed by atoms with E-state index in [0.29, 0.717) is 19.5 Å². The van der Waals surface area contributed by atoms with E-state index >= 15 is 0 Å². The Labute approximate surface area is 98.3 Å². The summed E-state index contributed by atoms with van der Waals surface area (Å²) in [4.78, 5) is 11.4. The normalized spacial score (nSPS) is 17.1. The molecule has 1 atom stereocenters. The van der Waals surface area contributed by atoms with E-state index in [1.54, 1.807) is 0 Å². The van der Waals surface area contributed by atoms with Gasteiger partial charge in [0.05, 0.1) is 0 Å². The number of rotatable bonds is 9. The summed E-state index contributed by atoms with van der Waals surface area (Å²) in [6, 6.07) is 0.130. The second kappa shape index (κ2) is 7.63. The highest BCUT2D eigenvalue weighted by Gasteiger charge is 2.20. The minimum atomic E-state index is 0.0904. The molecule has 16 heavy (non-hydrogen) atoms. The highest BCUT2D eigenvalue weighted by molar-refractivity contribution is 5.76. The highest BCUT2D eigenvalue weighted by Crippen LogP contribution is 2.33. The van der Waals surface area contributed by atoms with Crippen molar-refractivity contribution < 1.29 is 4.79 Å². The third kappa shape index (κ3) is 6.08. The molecular weight excluding hydrogens is 202 g/mol. The standard InChI is InChI=1S/C12H25N3O/c1-2-14-12(16)8-11(9-13)15-7-3-4-10-5-6-10/h10-11,15H,2-9,13H2,1H3,(H,14,16). The van der Waals surface area contributed by atoms with Crippen LogP contribution in [0.1, 0.15) is 39.0 Å². The van der Waals surface area contributed by atoms with Gasteiger partial charge in [-0.15, -0.1) is 0 Å². The van der Waals surface area contributed by atoms with Crippen LogP contribution in [0.15, 0.2) is 0 Å². The first-order chi connectivity index (χ1) is 7.76. The summed E-state index contributed by atoms with van der Waals surface area (Å²) in [5.41, 5.74) is 5.63. The first-order valence-electron chi connectivity index (χ1n) is 6.46. The molecule has 0 saturated heterocycles. The van der Waals surface area contributed by atoms with Crippen LogP contribution >= 0.6 is 0 Å². The Kier molecular flexibility index (Phi) is 6.42. The van der Waals surface area contributed by atoms with Crippen LogP contribution in [0.25, 0.3) is 0 Å². The second-order valence-corrected chi connectivity index (χ2v) is 4.63. The van der Waals surface area contributed by atoms with Crippen LogP contribution in [0.5, 0.6) is 0 Å². The summed E-state index contributed by atoms with van der Waals surface area (Å²) in [5, 5.41) is 6.15. The fourth-order valence-electron chi connectivity index (χ4n) is 1.84. The van der Waals surface area contributed by atoms with Gasteiger partial charge in [0.2, 0.25) is 5.91 Å². The van der Waals surface area contributed by atoms with Crippen LogP contribution in [0, 0.1) is 5.92 Å². The summed E-state index contributed by atoms with van der Waals surface area (Å²) in [7, 11) is 0. The lowest BCUT2D eigenvalue weighted by Gasteiger charge is -2.16. The summed E-state index contributed by atoms with van der Waals surface area (Å²) in [6.07, 6.45) is 5.86. The van der Waals surface area contributed by atoms with Gasteiger partial charge in [-0.05, 0) is 32.2 Å². The molecule has 1 aliphatic carbocycles. The van der Waals surface area contributed by atoms with E-state index in [1.165, 1.54) is 25.7 Å².